The Labute approximate surface area is 93.7 Å². The standard InChI is InChI=1S/C12H14O2S/c1-8-2-4-9(5-3-8)10-6-15-7-11(10)12(13)14/h2-5,10-11H,6-7H2,1H3,(H,13,14). The average molecular weight is 222 g/mol. The molecule has 0 saturated carbocycles. The number of benzene rings is 1. The largest absolute Gasteiger partial charge is 0.481 e. The summed E-state index contributed by atoms with van der Waals surface area (Å²) in [4.78, 5) is 11.0. The number of carbonyl (C=O) groups is 1. The summed E-state index contributed by atoms with van der Waals surface area (Å²) in [5, 5.41) is 9.09. The van der Waals surface area contributed by atoms with Crippen molar-refractivity contribution in [3.05, 3.63) is 35.4 Å². The third-order valence-electron chi connectivity index (χ3n) is 2.90. The normalized spacial score (nSPS) is 25.4. The van der Waals surface area contributed by atoms with Gasteiger partial charge in [-0.25, -0.2) is 0 Å². The predicted molar refractivity (Wildman–Crippen MR) is 62.4 cm³/mol. The van der Waals surface area contributed by atoms with E-state index in [1.165, 1.54) is 5.56 Å². The molecule has 1 aromatic rings. The van der Waals surface area contributed by atoms with Crippen LogP contribution in [-0.2, 0) is 4.79 Å². The van der Waals surface area contributed by atoms with Crippen LogP contribution in [0.25, 0.3) is 0 Å². The molecular formula is C12H14O2S. The molecule has 1 saturated heterocycles. The highest BCUT2D eigenvalue weighted by Crippen LogP contribution is 2.37. The lowest BCUT2D eigenvalue weighted by Gasteiger charge is -2.15. The summed E-state index contributed by atoms with van der Waals surface area (Å²) < 4.78 is 0. The van der Waals surface area contributed by atoms with Gasteiger partial charge in [0.25, 0.3) is 0 Å². The first kappa shape index (κ1) is 10.6. The second kappa shape index (κ2) is 4.27. The maximum atomic E-state index is 11.0. The van der Waals surface area contributed by atoms with E-state index in [4.69, 9.17) is 5.11 Å². The van der Waals surface area contributed by atoms with E-state index in [0.29, 0.717) is 0 Å². The fourth-order valence-electron chi connectivity index (χ4n) is 1.94. The first-order valence-corrected chi connectivity index (χ1v) is 6.21. The molecule has 1 aliphatic rings. The second-order valence-corrected chi connectivity index (χ2v) is 5.07. The van der Waals surface area contributed by atoms with Crippen LogP contribution < -0.4 is 0 Å². The lowest BCUT2D eigenvalue weighted by molar-refractivity contribution is -0.141. The first-order valence-electron chi connectivity index (χ1n) is 5.05. The number of carboxylic acid groups (broad SMARTS) is 1. The zero-order valence-corrected chi connectivity index (χ0v) is 9.46. The Balaban J connectivity index is 2.22. The summed E-state index contributed by atoms with van der Waals surface area (Å²) in [6.45, 7) is 2.04. The van der Waals surface area contributed by atoms with Gasteiger partial charge in [0.1, 0.15) is 0 Å². The molecule has 0 radical (unpaired) electrons. The molecule has 1 aromatic carbocycles. The van der Waals surface area contributed by atoms with Crippen molar-refractivity contribution >= 4 is 17.7 Å². The van der Waals surface area contributed by atoms with E-state index in [0.717, 1.165) is 17.1 Å². The van der Waals surface area contributed by atoms with E-state index in [2.05, 4.69) is 24.3 Å². The average Bonchev–Trinajstić information content (AvgIpc) is 2.67. The van der Waals surface area contributed by atoms with Crippen molar-refractivity contribution in [2.45, 2.75) is 12.8 Å². The highest BCUT2D eigenvalue weighted by atomic mass is 32.2. The summed E-state index contributed by atoms with van der Waals surface area (Å²) in [6, 6.07) is 8.22. The minimum Gasteiger partial charge on any atom is -0.481 e. The van der Waals surface area contributed by atoms with E-state index in [1.807, 2.05) is 6.92 Å². The van der Waals surface area contributed by atoms with Gasteiger partial charge < -0.3 is 5.11 Å². The lowest BCUT2D eigenvalue weighted by atomic mass is 9.89. The summed E-state index contributed by atoms with van der Waals surface area (Å²) in [5.74, 6) is 0.991. The number of hydrogen-bond donors (Lipinski definition) is 1. The third kappa shape index (κ3) is 2.17. The number of aryl methyl sites for hydroxylation is 1. The van der Waals surface area contributed by atoms with Gasteiger partial charge in [0.05, 0.1) is 5.92 Å². The van der Waals surface area contributed by atoms with Crippen LogP contribution in [0.3, 0.4) is 0 Å². The topological polar surface area (TPSA) is 37.3 Å². The zero-order valence-electron chi connectivity index (χ0n) is 8.64. The Hall–Kier alpha value is -0.960. The molecule has 0 amide bonds. The molecule has 3 heteroatoms. The van der Waals surface area contributed by atoms with Gasteiger partial charge in [-0.15, -0.1) is 0 Å². The highest BCUT2D eigenvalue weighted by molar-refractivity contribution is 7.99. The van der Waals surface area contributed by atoms with E-state index < -0.39 is 5.97 Å². The number of rotatable bonds is 2. The highest BCUT2D eigenvalue weighted by Gasteiger charge is 2.34. The number of carboxylic acids is 1. The van der Waals surface area contributed by atoms with Gasteiger partial charge in [-0.3, -0.25) is 4.79 Å². The second-order valence-electron chi connectivity index (χ2n) is 4.00. The van der Waals surface area contributed by atoms with Crippen molar-refractivity contribution < 1.29 is 9.90 Å². The maximum Gasteiger partial charge on any atom is 0.307 e. The van der Waals surface area contributed by atoms with Gasteiger partial charge in [0.15, 0.2) is 0 Å². The summed E-state index contributed by atoms with van der Waals surface area (Å²) in [6.07, 6.45) is 0. The summed E-state index contributed by atoms with van der Waals surface area (Å²) in [5.41, 5.74) is 2.38. The molecular weight excluding hydrogens is 208 g/mol. The fraction of sp³-hybridized carbons (Fsp3) is 0.417. The third-order valence-corrected chi connectivity index (χ3v) is 4.09. The van der Waals surface area contributed by atoms with Crippen LogP contribution in [0.15, 0.2) is 24.3 Å². The molecule has 1 aliphatic heterocycles. The smallest absolute Gasteiger partial charge is 0.307 e. The van der Waals surface area contributed by atoms with Crippen LogP contribution in [-0.4, -0.2) is 22.6 Å². The maximum absolute atomic E-state index is 11.0. The molecule has 1 heterocycles. The summed E-state index contributed by atoms with van der Waals surface area (Å²) in [7, 11) is 0. The van der Waals surface area contributed by atoms with E-state index in [9.17, 15) is 4.79 Å². The van der Waals surface area contributed by atoms with Gasteiger partial charge in [-0.2, -0.15) is 11.8 Å². The Morgan fingerprint density at radius 1 is 1.33 bits per heavy atom. The molecule has 2 unspecified atom stereocenters. The van der Waals surface area contributed by atoms with Crippen LogP contribution in [0.1, 0.15) is 17.0 Å². The Bertz CT molecular complexity index is 358. The molecule has 2 nitrogen and oxygen atoms in total. The van der Waals surface area contributed by atoms with Crippen molar-refractivity contribution in [2.75, 3.05) is 11.5 Å². The van der Waals surface area contributed by atoms with E-state index in [-0.39, 0.29) is 11.8 Å². The minimum atomic E-state index is -0.662. The summed E-state index contributed by atoms with van der Waals surface area (Å²) >= 11 is 1.74. The van der Waals surface area contributed by atoms with E-state index >= 15 is 0 Å². The van der Waals surface area contributed by atoms with Gasteiger partial charge in [0.2, 0.25) is 0 Å². The van der Waals surface area contributed by atoms with Gasteiger partial charge in [-0.05, 0) is 12.5 Å². The molecule has 15 heavy (non-hydrogen) atoms. The van der Waals surface area contributed by atoms with Gasteiger partial charge in [0, 0.05) is 17.4 Å². The molecule has 80 valence electrons. The molecule has 0 spiro atoms. The predicted octanol–water partition coefficient (Wildman–Crippen LogP) is 2.53. The Morgan fingerprint density at radius 2 is 2.00 bits per heavy atom. The molecule has 1 fully saturated rings. The molecule has 0 aliphatic carbocycles. The quantitative estimate of drug-likeness (QED) is 0.835. The number of aliphatic carboxylic acids is 1. The Morgan fingerprint density at radius 3 is 2.60 bits per heavy atom. The minimum absolute atomic E-state index is 0.188. The van der Waals surface area contributed by atoms with Crippen molar-refractivity contribution in [1.29, 1.82) is 0 Å². The monoisotopic (exact) mass is 222 g/mol. The SMILES string of the molecule is Cc1ccc(C2CSCC2C(=O)O)cc1. The molecule has 0 bridgehead atoms. The lowest BCUT2D eigenvalue weighted by Crippen LogP contribution is -2.20. The van der Waals surface area contributed by atoms with Crippen molar-refractivity contribution in [3.8, 4) is 0 Å². The van der Waals surface area contributed by atoms with Crippen LogP contribution in [0.5, 0.6) is 0 Å². The first-order chi connectivity index (χ1) is 7.18. The van der Waals surface area contributed by atoms with Crippen LogP contribution in [0.2, 0.25) is 0 Å². The van der Waals surface area contributed by atoms with E-state index in [1.54, 1.807) is 11.8 Å². The van der Waals surface area contributed by atoms with Crippen LogP contribution >= 0.6 is 11.8 Å². The van der Waals surface area contributed by atoms with Crippen molar-refractivity contribution in [2.24, 2.45) is 5.92 Å². The fourth-order valence-corrected chi connectivity index (χ4v) is 3.38. The molecule has 0 aromatic heterocycles. The molecule has 2 atom stereocenters. The molecule has 2 rings (SSSR count). The van der Waals surface area contributed by atoms with Gasteiger partial charge >= 0.3 is 5.97 Å². The van der Waals surface area contributed by atoms with Crippen LogP contribution in [0, 0.1) is 12.8 Å². The van der Waals surface area contributed by atoms with Crippen molar-refractivity contribution in [1.82, 2.24) is 0 Å². The number of hydrogen-bond acceptors (Lipinski definition) is 2. The van der Waals surface area contributed by atoms with Gasteiger partial charge in [-0.1, -0.05) is 29.8 Å². The van der Waals surface area contributed by atoms with Crippen LogP contribution in [0.4, 0.5) is 0 Å². The van der Waals surface area contributed by atoms with Crippen molar-refractivity contribution in [3.63, 3.8) is 0 Å². The Kier molecular flexibility index (Phi) is 3.00. The molecule has 1 N–H and O–H groups in total. The zero-order chi connectivity index (χ0) is 10.8. The number of thioether (sulfide) groups is 1.